The number of piperidine rings is 1. The van der Waals surface area contributed by atoms with Crippen LogP contribution in [0.15, 0.2) is 35.5 Å². The number of nitro groups is 1. The molecule has 1 aromatic carbocycles. The largest absolute Gasteiger partial charge is 0.463 e. The summed E-state index contributed by atoms with van der Waals surface area (Å²) in [6.07, 6.45) is 1.14. The quantitative estimate of drug-likeness (QED) is 0.419. The molecule has 1 fully saturated rings. The first-order valence-electron chi connectivity index (χ1n) is 10.2. The number of nitro benzene ring substituents is 1. The maximum Gasteiger partial charge on any atom is 0.338 e. The lowest BCUT2D eigenvalue weighted by Crippen LogP contribution is -2.50. The summed E-state index contributed by atoms with van der Waals surface area (Å²) in [4.78, 5) is 38.2. The molecule has 0 radical (unpaired) electrons. The third-order valence-corrected chi connectivity index (χ3v) is 5.39. The Morgan fingerprint density at radius 1 is 1.30 bits per heavy atom. The molecule has 9 nitrogen and oxygen atoms in total. The third-order valence-electron chi connectivity index (χ3n) is 5.39. The minimum absolute atomic E-state index is 0.108. The van der Waals surface area contributed by atoms with Crippen LogP contribution in [-0.4, -0.2) is 48.1 Å². The first-order chi connectivity index (χ1) is 14.3. The molecule has 30 heavy (non-hydrogen) atoms. The van der Waals surface area contributed by atoms with Crippen LogP contribution in [0.3, 0.4) is 0 Å². The maximum absolute atomic E-state index is 12.9. The van der Waals surface area contributed by atoms with Crippen molar-refractivity contribution in [3.05, 3.63) is 51.2 Å². The maximum atomic E-state index is 12.9. The van der Waals surface area contributed by atoms with Crippen LogP contribution in [0, 0.1) is 22.0 Å². The lowest BCUT2D eigenvalue weighted by atomic mass is 9.91. The Morgan fingerprint density at radius 2 is 2.00 bits per heavy atom. The molecule has 0 aromatic heterocycles. The fourth-order valence-electron chi connectivity index (χ4n) is 4.41. The van der Waals surface area contributed by atoms with Crippen molar-refractivity contribution in [3.63, 3.8) is 0 Å². The number of carbonyl (C=O) groups is 2. The summed E-state index contributed by atoms with van der Waals surface area (Å²) in [5.41, 5.74) is 1.11. The Labute approximate surface area is 175 Å². The van der Waals surface area contributed by atoms with E-state index in [-0.39, 0.29) is 17.9 Å². The summed E-state index contributed by atoms with van der Waals surface area (Å²) in [5.74, 6) is 0.491. The number of likely N-dealkylation sites (tertiary alicyclic amines) is 1. The topological polar surface area (TPSA) is 114 Å². The number of nitrogens with one attached hydrogen (secondary N) is 2. The minimum atomic E-state index is -0.827. The number of urea groups is 1. The van der Waals surface area contributed by atoms with Crippen LogP contribution in [0.4, 0.5) is 10.5 Å². The standard InChI is InChI=1S/C21H28N4O5/c1-4-30-20(26)18-17(12-24-10-13(2)8-14(3)11-24)22-21(27)23-19(18)15-6-5-7-16(9-15)25(28)29/h5-7,9,13-14,19H,4,8,10-12H2,1-3H3,(H2,22,23,27)/t13-,14+,19-/m0/s1. The van der Waals surface area contributed by atoms with Crippen molar-refractivity contribution in [2.24, 2.45) is 11.8 Å². The van der Waals surface area contributed by atoms with E-state index in [1.807, 2.05) is 0 Å². The molecule has 0 spiro atoms. The highest BCUT2D eigenvalue weighted by Crippen LogP contribution is 2.31. The minimum Gasteiger partial charge on any atom is -0.463 e. The normalized spacial score (nSPS) is 24.8. The van der Waals surface area contributed by atoms with E-state index < -0.39 is 23.0 Å². The number of nitrogens with zero attached hydrogens (tertiary/aromatic N) is 2. The molecule has 2 aliphatic heterocycles. The van der Waals surface area contributed by atoms with Crippen molar-refractivity contribution in [1.29, 1.82) is 0 Å². The van der Waals surface area contributed by atoms with Gasteiger partial charge in [0.15, 0.2) is 0 Å². The number of hydrogen-bond donors (Lipinski definition) is 2. The first-order valence-corrected chi connectivity index (χ1v) is 10.2. The zero-order chi connectivity index (χ0) is 21.8. The van der Waals surface area contributed by atoms with Crippen LogP contribution in [0.2, 0.25) is 0 Å². The highest BCUT2D eigenvalue weighted by molar-refractivity contribution is 5.95. The van der Waals surface area contributed by atoms with Gasteiger partial charge in [-0.25, -0.2) is 9.59 Å². The van der Waals surface area contributed by atoms with Gasteiger partial charge in [0.2, 0.25) is 0 Å². The van der Waals surface area contributed by atoms with Gasteiger partial charge in [0.1, 0.15) is 0 Å². The molecule has 1 saturated heterocycles. The molecule has 0 saturated carbocycles. The van der Waals surface area contributed by atoms with Gasteiger partial charge in [-0.2, -0.15) is 0 Å². The molecular formula is C21H28N4O5. The van der Waals surface area contributed by atoms with Gasteiger partial charge in [0.05, 0.1) is 23.1 Å². The fraction of sp³-hybridized carbons (Fsp3) is 0.524. The fourth-order valence-corrected chi connectivity index (χ4v) is 4.41. The Hall–Kier alpha value is -2.94. The molecule has 2 N–H and O–H groups in total. The highest BCUT2D eigenvalue weighted by atomic mass is 16.6. The Bertz CT molecular complexity index is 859. The second-order valence-corrected chi connectivity index (χ2v) is 8.14. The summed E-state index contributed by atoms with van der Waals surface area (Å²) >= 11 is 0. The van der Waals surface area contributed by atoms with Crippen molar-refractivity contribution >= 4 is 17.7 Å². The number of amides is 2. The molecule has 2 heterocycles. The van der Waals surface area contributed by atoms with Gasteiger partial charge < -0.3 is 15.4 Å². The second kappa shape index (κ2) is 9.25. The zero-order valence-corrected chi connectivity index (χ0v) is 17.5. The number of benzene rings is 1. The van der Waals surface area contributed by atoms with Gasteiger partial charge in [-0.1, -0.05) is 26.0 Å². The predicted molar refractivity (Wildman–Crippen MR) is 111 cm³/mol. The Balaban J connectivity index is 2.01. The lowest BCUT2D eigenvalue weighted by molar-refractivity contribution is -0.384. The van der Waals surface area contributed by atoms with Crippen LogP contribution >= 0.6 is 0 Å². The van der Waals surface area contributed by atoms with Crippen LogP contribution in [0.5, 0.6) is 0 Å². The summed E-state index contributed by atoms with van der Waals surface area (Å²) in [6, 6.07) is 4.67. The number of non-ortho nitro benzene ring substituents is 1. The van der Waals surface area contributed by atoms with Gasteiger partial charge in [-0.05, 0) is 30.7 Å². The van der Waals surface area contributed by atoms with E-state index in [4.69, 9.17) is 4.74 Å². The van der Waals surface area contributed by atoms with E-state index in [0.29, 0.717) is 29.6 Å². The molecule has 3 atom stereocenters. The van der Waals surface area contributed by atoms with Crippen molar-refractivity contribution in [1.82, 2.24) is 15.5 Å². The van der Waals surface area contributed by atoms with E-state index in [1.165, 1.54) is 18.2 Å². The number of ether oxygens (including phenoxy) is 1. The van der Waals surface area contributed by atoms with Crippen molar-refractivity contribution < 1.29 is 19.2 Å². The molecule has 1 aromatic rings. The van der Waals surface area contributed by atoms with Crippen molar-refractivity contribution in [3.8, 4) is 0 Å². The molecule has 2 aliphatic rings. The van der Waals surface area contributed by atoms with Gasteiger partial charge in [0.25, 0.3) is 5.69 Å². The number of rotatable bonds is 6. The van der Waals surface area contributed by atoms with Gasteiger partial charge in [-0.15, -0.1) is 0 Å². The van der Waals surface area contributed by atoms with Gasteiger partial charge >= 0.3 is 12.0 Å². The van der Waals surface area contributed by atoms with E-state index in [0.717, 1.165) is 19.5 Å². The van der Waals surface area contributed by atoms with E-state index in [9.17, 15) is 19.7 Å². The third kappa shape index (κ3) is 4.96. The summed E-state index contributed by atoms with van der Waals surface area (Å²) in [6.45, 7) is 8.42. The first kappa shape index (κ1) is 21.8. The molecule has 162 valence electrons. The number of esters is 1. The molecule has 2 amide bonds. The molecule has 3 rings (SSSR count). The molecule has 0 bridgehead atoms. The van der Waals surface area contributed by atoms with Crippen molar-refractivity contribution in [2.75, 3.05) is 26.2 Å². The summed E-state index contributed by atoms with van der Waals surface area (Å²) in [7, 11) is 0. The zero-order valence-electron chi connectivity index (χ0n) is 17.5. The lowest BCUT2D eigenvalue weighted by Gasteiger charge is -2.37. The van der Waals surface area contributed by atoms with Crippen LogP contribution in [0.25, 0.3) is 0 Å². The number of carbonyl (C=O) groups excluding carboxylic acids is 2. The van der Waals surface area contributed by atoms with Crippen molar-refractivity contribution in [2.45, 2.75) is 33.2 Å². The molecule has 0 unspecified atom stereocenters. The van der Waals surface area contributed by atoms with Crippen LogP contribution in [-0.2, 0) is 9.53 Å². The van der Waals surface area contributed by atoms with Gasteiger partial charge in [0, 0.05) is 37.5 Å². The summed E-state index contributed by atoms with van der Waals surface area (Å²) in [5, 5.41) is 16.7. The smallest absolute Gasteiger partial charge is 0.338 e. The average Bonchev–Trinajstić information content (AvgIpc) is 2.67. The average molecular weight is 416 g/mol. The monoisotopic (exact) mass is 416 g/mol. The van der Waals surface area contributed by atoms with Crippen LogP contribution in [0.1, 0.15) is 38.8 Å². The molecule has 0 aliphatic carbocycles. The molecule has 9 heteroatoms. The predicted octanol–water partition coefficient (Wildman–Crippen LogP) is 2.74. The number of hydrogen-bond acceptors (Lipinski definition) is 6. The molecular weight excluding hydrogens is 388 g/mol. The van der Waals surface area contributed by atoms with E-state index >= 15 is 0 Å². The summed E-state index contributed by atoms with van der Waals surface area (Å²) < 4.78 is 5.27. The Morgan fingerprint density at radius 3 is 2.63 bits per heavy atom. The Kier molecular flexibility index (Phi) is 6.71. The van der Waals surface area contributed by atoms with Crippen LogP contribution < -0.4 is 10.6 Å². The SMILES string of the molecule is CCOC(=O)C1=C(CN2C[C@H](C)C[C@H](C)C2)NC(=O)N[C@H]1c1cccc([N+](=O)[O-])c1. The highest BCUT2D eigenvalue weighted by Gasteiger charge is 2.35. The van der Waals surface area contributed by atoms with E-state index in [2.05, 4.69) is 29.4 Å². The van der Waals surface area contributed by atoms with E-state index in [1.54, 1.807) is 13.0 Å². The van der Waals surface area contributed by atoms with Gasteiger partial charge in [-0.3, -0.25) is 15.0 Å². The second-order valence-electron chi connectivity index (χ2n) is 8.14.